The van der Waals surface area contributed by atoms with Gasteiger partial charge >= 0.3 is 0 Å². The molecule has 3 unspecified atom stereocenters. The Labute approximate surface area is 431 Å². The molecule has 6 nitrogen and oxygen atoms in total. The largest absolute Gasteiger partial charge is 0.331 e. The van der Waals surface area contributed by atoms with Gasteiger partial charge in [0.1, 0.15) is 0 Å². The highest BCUT2D eigenvalue weighted by Crippen LogP contribution is 2.59. The lowest BCUT2D eigenvalue weighted by Crippen LogP contribution is -2.46. The van der Waals surface area contributed by atoms with Gasteiger partial charge < -0.3 is 9.80 Å². The van der Waals surface area contributed by atoms with Crippen LogP contribution in [0.5, 0.6) is 0 Å². The van der Waals surface area contributed by atoms with Crippen molar-refractivity contribution in [1.82, 2.24) is 19.9 Å². The molecule has 4 aromatic heterocycles. The molecule has 0 fully saturated rings. The summed E-state index contributed by atoms with van der Waals surface area (Å²) in [5, 5.41) is 0. The van der Waals surface area contributed by atoms with Gasteiger partial charge in [0.25, 0.3) is 0 Å². The van der Waals surface area contributed by atoms with Crippen LogP contribution in [0.1, 0.15) is 40.2 Å². The Morgan fingerprint density at radius 2 is 0.905 bits per heavy atom. The van der Waals surface area contributed by atoms with E-state index in [1.165, 1.54) is 67.3 Å². The predicted molar refractivity (Wildman–Crippen MR) is 303 cm³/mol. The summed E-state index contributed by atoms with van der Waals surface area (Å²) in [7, 11) is 0. The van der Waals surface area contributed by atoms with E-state index < -0.39 is 0 Å². The summed E-state index contributed by atoms with van der Waals surface area (Å²) in [6.07, 6.45) is 25.5. The lowest BCUT2D eigenvalue weighted by Gasteiger charge is -2.41. The van der Waals surface area contributed by atoms with Crippen molar-refractivity contribution in [2.45, 2.75) is 24.4 Å². The number of fused-ring (bicyclic) bond motifs is 7. The van der Waals surface area contributed by atoms with Crippen molar-refractivity contribution in [2.75, 3.05) is 9.80 Å². The van der Waals surface area contributed by atoms with Crippen molar-refractivity contribution in [3.05, 3.63) is 290 Å². The van der Waals surface area contributed by atoms with Crippen molar-refractivity contribution in [2.24, 2.45) is 0 Å². The Hall–Kier alpha value is -9.52. The molecular weight excluding hydrogens is 901 g/mol. The third kappa shape index (κ3) is 7.58. The number of aromatic nitrogens is 4. The highest BCUT2D eigenvalue weighted by Gasteiger charge is 2.51. The topological polar surface area (TPSA) is 58.0 Å². The molecule has 6 aromatic carbocycles. The minimum Gasteiger partial charge on any atom is -0.331 e. The summed E-state index contributed by atoms with van der Waals surface area (Å²) in [5.74, 6) is 0.0992. The Balaban J connectivity index is 0.966. The van der Waals surface area contributed by atoms with E-state index in [0.717, 1.165) is 56.5 Å². The van der Waals surface area contributed by atoms with Crippen LogP contribution in [-0.4, -0.2) is 32.0 Å². The van der Waals surface area contributed by atoms with Crippen LogP contribution in [-0.2, 0) is 0 Å². The number of pyridine rings is 4. The average molecular weight is 949 g/mol. The molecular formula is C68H48N6. The number of allylic oxidation sites excluding steroid dienone is 6. The first-order chi connectivity index (χ1) is 36.7. The monoisotopic (exact) mass is 948 g/mol. The van der Waals surface area contributed by atoms with Gasteiger partial charge in [-0.1, -0.05) is 133 Å². The molecule has 0 amide bonds. The van der Waals surface area contributed by atoms with Crippen molar-refractivity contribution in [3.63, 3.8) is 0 Å². The summed E-state index contributed by atoms with van der Waals surface area (Å²) in [4.78, 5) is 23.5. The molecule has 74 heavy (non-hydrogen) atoms. The first-order valence-corrected chi connectivity index (χ1v) is 25.4. The fourth-order valence-electron chi connectivity index (χ4n) is 11.8. The molecule has 6 heteroatoms. The van der Waals surface area contributed by atoms with Crippen LogP contribution in [0.4, 0.5) is 22.7 Å². The minimum atomic E-state index is -0.0591. The third-order valence-corrected chi connectivity index (χ3v) is 15.2. The van der Waals surface area contributed by atoms with Crippen LogP contribution in [0.25, 0.3) is 66.8 Å². The zero-order chi connectivity index (χ0) is 49.0. The molecule has 3 atom stereocenters. The Kier molecular flexibility index (Phi) is 10.7. The molecule has 0 saturated heterocycles. The Morgan fingerprint density at radius 1 is 0.392 bits per heavy atom. The predicted octanol–water partition coefficient (Wildman–Crippen LogP) is 16.1. The van der Waals surface area contributed by atoms with Crippen LogP contribution >= 0.6 is 0 Å². The summed E-state index contributed by atoms with van der Waals surface area (Å²) in [6.45, 7) is 0. The van der Waals surface area contributed by atoms with Crippen LogP contribution in [0.3, 0.4) is 0 Å². The molecule has 350 valence electrons. The average Bonchev–Trinajstić information content (AvgIpc) is 4.09. The molecule has 4 aliphatic rings. The number of para-hydroxylation sites is 4. The maximum atomic E-state index is 4.74. The smallest absolute Gasteiger partial charge is 0.0853 e. The summed E-state index contributed by atoms with van der Waals surface area (Å²) < 4.78 is 0. The number of benzene rings is 6. The fourth-order valence-corrected chi connectivity index (χ4v) is 11.8. The van der Waals surface area contributed by atoms with E-state index in [2.05, 4.69) is 220 Å². The van der Waals surface area contributed by atoms with Crippen LogP contribution in [0.2, 0.25) is 0 Å². The molecule has 10 aromatic rings. The molecule has 6 heterocycles. The second kappa shape index (κ2) is 18.3. The van der Waals surface area contributed by atoms with E-state index in [1.807, 2.05) is 55.5 Å². The quantitative estimate of drug-likeness (QED) is 0.144. The van der Waals surface area contributed by atoms with Crippen molar-refractivity contribution in [3.8, 4) is 44.5 Å². The van der Waals surface area contributed by atoms with E-state index in [1.54, 1.807) is 6.20 Å². The van der Waals surface area contributed by atoms with Crippen molar-refractivity contribution < 1.29 is 0 Å². The normalized spacial score (nSPS) is 17.3. The van der Waals surface area contributed by atoms with Gasteiger partial charge in [-0.05, 0) is 141 Å². The van der Waals surface area contributed by atoms with Gasteiger partial charge in [0.05, 0.1) is 12.1 Å². The third-order valence-electron chi connectivity index (χ3n) is 15.2. The molecule has 0 saturated carbocycles. The molecule has 0 spiro atoms. The lowest BCUT2D eigenvalue weighted by molar-refractivity contribution is 0.719. The van der Waals surface area contributed by atoms with Crippen LogP contribution < -0.4 is 9.80 Å². The fraction of sp³-hybridized carbons (Fsp3) is 0.0588. The van der Waals surface area contributed by atoms with Gasteiger partial charge in [-0.25, -0.2) is 0 Å². The van der Waals surface area contributed by atoms with E-state index >= 15 is 0 Å². The second-order valence-electron chi connectivity index (χ2n) is 19.5. The molecule has 0 bridgehead atoms. The molecule has 14 rings (SSSR count). The minimum absolute atomic E-state index is 0.0125. The maximum Gasteiger partial charge on any atom is 0.0853 e. The van der Waals surface area contributed by atoms with E-state index in [4.69, 9.17) is 9.97 Å². The van der Waals surface area contributed by atoms with Gasteiger partial charge in [0.2, 0.25) is 0 Å². The first-order valence-electron chi connectivity index (χ1n) is 25.4. The Bertz CT molecular complexity index is 3900. The van der Waals surface area contributed by atoms with E-state index in [-0.39, 0.29) is 18.0 Å². The number of hydrogen-bond acceptors (Lipinski definition) is 6. The summed E-state index contributed by atoms with van der Waals surface area (Å²) >= 11 is 0. The SMILES string of the molecule is C1=CC(c2cc(C3=C4c5ccccc5N(c5ccccc5)C4C4C(=C3)c3ccccc3N4c3ccccc3)cc(-c3cccc(-c4cncc(-c5cccnc5)c4)c3)c2)CC(c2cncc(-c3cccnc3)c2)=C1. The molecule has 2 aliphatic carbocycles. The summed E-state index contributed by atoms with van der Waals surface area (Å²) in [5.41, 5.74) is 24.7. The second-order valence-corrected chi connectivity index (χ2v) is 19.5. The van der Waals surface area contributed by atoms with E-state index in [0.29, 0.717) is 0 Å². The number of rotatable bonds is 9. The van der Waals surface area contributed by atoms with Gasteiger partial charge in [-0.2, -0.15) is 0 Å². The summed E-state index contributed by atoms with van der Waals surface area (Å²) in [6, 6.07) is 68.8. The van der Waals surface area contributed by atoms with Gasteiger partial charge in [0, 0.05) is 117 Å². The first kappa shape index (κ1) is 43.3. The highest BCUT2D eigenvalue weighted by molar-refractivity contribution is 6.14. The van der Waals surface area contributed by atoms with E-state index in [9.17, 15) is 0 Å². The number of hydrogen-bond donors (Lipinski definition) is 0. The van der Waals surface area contributed by atoms with Crippen LogP contribution in [0, 0.1) is 0 Å². The molecule has 0 N–H and O–H groups in total. The lowest BCUT2D eigenvalue weighted by atomic mass is 9.77. The standard InChI is InChI=1S/C68H48N6/c1-3-21-58(22-4-1)73-64-27-9-7-25-60(64)63-38-62(66-61-26-8-10-28-65(61)74(68(66)67(63)73)59-23-5-2-6-24-59)53-34-51(45-15-11-17-47(31-45)54-36-56(43-71-41-54)49-19-13-29-69-39-49)33-52(35-53)46-16-12-18-48(32-46)55-37-57(44-72-42-55)50-20-14-30-70-40-50/h1-31,33-44,46,67-68H,32H2. The molecule has 2 aliphatic heterocycles. The van der Waals surface area contributed by atoms with Gasteiger partial charge in [-0.3, -0.25) is 19.9 Å². The van der Waals surface area contributed by atoms with Gasteiger partial charge in [-0.15, -0.1) is 0 Å². The van der Waals surface area contributed by atoms with Gasteiger partial charge in [0.15, 0.2) is 0 Å². The van der Waals surface area contributed by atoms with Crippen molar-refractivity contribution >= 4 is 45.0 Å². The highest BCUT2D eigenvalue weighted by atomic mass is 15.3. The zero-order valence-corrected chi connectivity index (χ0v) is 40.4. The Morgan fingerprint density at radius 3 is 1.58 bits per heavy atom. The maximum absolute atomic E-state index is 4.74. The number of nitrogens with zero attached hydrogens (tertiary/aromatic N) is 6. The number of anilines is 4. The van der Waals surface area contributed by atoms with Crippen molar-refractivity contribution in [1.29, 1.82) is 0 Å². The molecule has 0 radical (unpaired) electrons. The van der Waals surface area contributed by atoms with Crippen LogP contribution in [0.15, 0.2) is 262 Å². The zero-order valence-electron chi connectivity index (χ0n) is 40.4.